The van der Waals surface area contributed by atoms with Crippen molar-refractivity contribution >= 4 is 0 Å². The summed E-state index contributed by atoms with van der Waals surface area (Å²) in [5, 5.41) is 13.1. The van der Waals surface area contributed by atoms with Gasteiger partial charge < -0.3 is 0 Å². The first kappa shape index (κ1) is 11.8. The number of rotatable bonds is 2. The summed E-state index contributed by atoms with van der Waals surface area (Å²) in [6.45, 7) is 10.5. The van der Waals surface area contributed by atoms with Crippen LogP contribution in [0, 0.1) is 11.3 Å². The number of hydrogen-bond acceptors (Lipinski definition) is 2. The Morgan fingerprint density at radius 3 is 2.33 bits per heavy atom. The highest BCUT2D eigenvalue weighted by Crippen LogP contribution is 2.25. The van der Waals surface area contributed by atoms with Gasteiger partial charge in [0.25, 0.3) is 0 Å². The third kappa shape index (κ3) is 2.59. The summed E-state index contributed by atoms with van der Waals surface area (Å²) in [6, 6.07) is 2.19. The lowest BCUT2D eigenvalue weighted by molar-refractivity contribution is 0.326. The topological polar surface area (TPSA) is 41.6 Å². The van der Waals surface area contributed by atoms with Crippen LogP contribution in [0.15, 0.2) is 12.4 Å². The van der Waals surface area contributed by atoms with Crippen LogP contribution in [0.5, 0.6) is 0 Å². The number of aromatic nitrogens is 2. The van der Waals surface area contributed by atoms with Gasteiger partial charge in [-0.3, -0.25) is 4.68 Å². The molecular formula is C12H19N3. The van der Waals surface area contributed by atoms with Gasteiger partial charge in [-0.25, -0.2) is 0 Å². The Morgan fingerprint density at radius 1 is 1.33 bits per heavy atom. The third-order valence-corrected chi connectivity index (χ3v) is 2.58. The molecule has 0 bridgehead atoms. The molecule has 1 heterocycles. The van der Waals surface area contributed by atoms with Crippen LogP contribution in [0.4, 0.5) is 0 Å². The van der Waals surface area contributed by atoms with Gasteiger partial charge in [0.1, 0.15) is 0 Å². The van der Waals surface area contributed by atoms with Crippen molar-refractivity contribution in [3.63, 3.8) is 0 Å². The van der Waals surface area contributed by atoms with Crippen molar-refractivity contribution < 1.29 is 0 Å². The summed E-state index contributed by atoms with van der Waals surface area (Å²) >= 11 is 0. The number of hydrogen-bond donors (Lipinski definition) is 0. The molecule has 3 nitrogen and oxygen atoms in total. The van der Waals surface area contributed by atoms with Crippen molar-refractivity contribution in [2.75, 3.05) is 0 Å². The first-order valence-corrected chi connectivity index (χ1v) is 5.20. The molecular weight excluding hydrogens is 186 g/mol. The summed E-state index contributed by atoms with van der Waals surface area (Å²) in [5.74, 6) is 0. The lowest BCUT2D eigenvalue weighted by atomic mass is 9.90. The highest BCUT2D eigenvalue weighted by Gasteiger charge is 2.23. The van der Waals surface area contributed by atoms with Gasteiger partial charge >= 0.3 is 0 Å². The van der Waals surface area contributed by atoms with Gasteiger partial charge in [-0.15, -0.1) is 0 Å². The maximum atomic E-state index is 8.74. The summed E-state index contributed by atoms with van der Waals surface area (Å²) in [5.41, 5.74) is 1.09. The van der Waals surface area contributed by atoms with Gasteiger partial charge in [0, 0.05) is 6.20 Å². The lowest BCUT2D eigenvalue weighted by Gasteiger charge is -2.22. The minimum absolute atomic E-state index is 0.112. The zero-order valence-electron chi connectivity index (χ0n) is 10.2. The van der Waals surface area contributed by atoms with Crippen molar-refractivity contribution in [1.29, 1.82) is 5.26 Å². The second-order valence-electron chi connectivity index (χ2n) is 5.57. The number of nitrogens with zero attached hydrogens (tertiary/aromatic N) is 3. The molecule has 0 aliphatic rings. The van der Waals surface area contributed by atoms with E-state index in [4.69, 9.17) is 5.26 Å². The SMILES string of the molecule is CC(C)(C)c1cnn(C(C)(C)CC#N)c1. The van der Waals surface area contributed by atoms with E-state index in [0.717, 1.165) is 0 Å². The van der Waals surface area contributed by atoms with E-state index in [1.54, 1.807) is 0 Å². The molecule has 0 aromatic carbocycles. The van der Waals surface area contributed by atoms with Crippen molar-refractivity contribution in [3.05, 3.63) is 18.0 Å². The van der Waals surface area contributed by atoms with Crippen LogP contribution in [0.2, 0.25) is 0 Å². The average molecular weight is 205 g/mol. The van der Waals surface area contributed by atoms with E-state index in [1.807, 2.05) is 30.9 Å². The van der Waals surface area contributed by atoms with E-state index in [9.17, 15) is 0 Å². The highest BCUT2D eigenvalue weighted by molar-refractivity contribution is 5.16. The van der Waals surface area contributed by atoms with Crippen LogP contribution >= 0.6 is 0 Å². The Hall–Kier alpha value is -1.30. The van der Waals surface area contributed by atoms with E-state index in [2.05, 4.69) is 31.9 Å². The molecule has 0 aliphatic carbocycles. The van der Waals surface area contributed by atoms with Crippen LogP contribution in [-0.2, 0) is 11.0 Å². The van der Waals surface area contributed by atoms with E-state index in [0.29, 0.717) is 6.42 Å². The molecule has 0 saturated heterocycles. The van der Waals surface area contributed by atoms with Crippen LogP contribution in [0.1, 0.15) is 46.6 Å². The molecule has 1 rings (SSSR count). The maximum Gasteiger partial charge on any atom is 0.0701 e. The van der Waals surface area contributed by atoms with Crippen molar-refractivity contribution in [3.8, 4) is 6.07 Å². The monoisotopic (exact) mass is 205 g/mol. The fourth-order valence-electron chi connectivity index (χ4n) is 1.32. The summed E-state index contributed by atoms with van der Waals surface area (Å²) < 4.78 is 1.89. The average Bonchev–Trinajstić information content (AvgIpc) is 2.50. The Bertz CT molecular complexity index is 374. The number of nitriles is 1. The molecule has 3 heteroatoms. The Labute approximate surface area is 91.7 Å². The first-order valence-electron chi connectivity index (χ1n) is 5.20. The molecule has 0 amide bonds. The molecule has 1 aromatic rings. The Balaban J connectivity index is 3.00. The summed E-state index contributed by atoms with van der Waals surface area (Å²) in [6.07, 6.45) is 4.40. The molecule has 0 aliphatic heterocycles. The smallest absolute Gasteiger partial charge is 0.0701 e. The van der Waals surface area contributed by atoms with Gasteiger partial charge in [0.15, 0.2) is 0 Å². The predicted octanol–water partition coefficient (Wildman–Crippen LogP) is 2.83. The zero-order valence-corrected chi connectivity index (χ0v) is 10.2. The molecule has 0 radical (unpaired) electrons. The van der Waals surface area contributed by atoms with E-state index in [-0.39, 0.29) is 11.0 Å². The molecule has 1 aromatic heterocycles. The Morgan fingerprint density at radius 2 is 1.93 bits per heavy atom. The second kappa shape index (κ2) is 3.69. The fraction of sp³-hybridized carbons (Fsp3) is 0.667. The van der Waals surface area contributed by atoms with Gasteiger partial charge in [-0.05, 0) is 24.8 Å². The largest absolute Gasteiger partial charge is 0.266 e. The summed E-state index contributed by atoms with van der Waals surface area (Å²) in [7, 11) is 0. The van der Waals surface area contributed by atoms with E-state index >= 15 is 0 Å². The van der Waals surface area contributed by atoms with E-state index in [1.165, 1.54) is 5.56 Å². The molecule has 0 saturated carbocycles. The minimum atomic E-state index is -0.224. The predicted molar refractivity (Wildman–Crippen MR) is 60.5 cm³/mol. The van der Waals surface area contributed by atoms with Crippen LogP contribution in [0.3, 0.4) is 0 Å². The van der Waals surface area contributed by atoms with Crippen LogP contribution in [-0.4, -0.2) is 9.78 Å². The highest BCUT2D eigenvalue weighted by atomic mass is 15.3. The molecule has 15 heavy (non-hydrogen) atoms. The minimum Gasteiger partial charge on any atom is -0.266 e. The van der Waals surface area contributed by atoms with Crippen LogP contribution < -0.4 is 0 Å². The molecule has 0 N–H and O–H groups in total. The molecule has 0 spiro atoms. The third-order valence-electron chi connectivity index (χ3n) is 2.58. The van der Waals surface area contributed by atoms with Crippen molar-refractivity contribution in [2.45, 2.75) is 52.0 Å². The van der Waals surface area contributed by atoms with Gasteiger partial charge in [0.05, 0.1) is 24.2 Å². The molecule has 82 valence electrons. The lowest BCUT2D eigenvalue weighted by Crippen LogP contribution is -2.26. The quantitative estimate of drug-likeness (QED) is 0.745. The molecule has 0 unspecified atom stereocenters. The first-order chi connectivity index (χ1) is 6.77. The standard InChI is InChI=1S/C12H19N3/c1-11(2,3)10-8-14-15(9-10)12(4,5)6-7-13/h8-9H,6H2,1-5H3. The molecule has 0 fully saturated rings. The normalized spacial score (nSPS) is 12.5. The molecule has 0 atom stereocenters. The maximum absolute atomic E-state index is 8.74. The van der Waals surface area contributed by atoms with Crippen molar-refractivity contribution in [1.82, 2.24) is 9.78 Å². The zero-order chi connectivity index (χ0) is 11.7. The van der Waals surface area contributed by atoms with Gasteiger partial charge in [-0.2, -0.15) is 10.4 Å². The van der Waals surface area contributed by atoms with E-state index < -0.39 is 0 Å². The second-order valence-corrected chi connectivity index (χ2v) is 5.57. The fourth-order valence-corrected chi connectivity index (χ4v) is 1.32. The Kier molecular flexibility index (Phi) is 2.90. The van der Waals surface area contributed by atoms with Gasteiger partial charge in [0.2, 0.25) is 0 Å². The summed E-state index contributed by atoms with van der Waals surface area (Å²) in [4.78, 5) is 0. The van der Waals surface area contributed by atoms with Crippen molar-refractivity contribution in [2.24, 2.45) is 0 Å². The van der Waals surface area contributed by atoms with Gasteiger partial charge in [-0.1, -0.05) is 20.8 Å². The van der Waals surface area contributed by atoms with Crippen LogP contribution in [0.25, 0.3) is 0 Å².